The van der Waals surface area contributed by atoms with Crippen LogP contribution in [0.15, 0.2) is 24.3 Å². The summed E-state index contributed by atoms with van der Waals surface area (Å²) >= 11 is 0. The van der Waals surface area contributed by atoms with E-state index in [1.54, 1.807) is 0 Å². The molecule has 0 atom stereocenters. The highest BCUT2D eigenvalue weighted by Crippen LogP contribution is 1.95. The van der Waals surface area contributed by atoms with Crippen LogP contribution < -0.4 is 0 Å². The zero-order valence-corrected chi connectivity index (χ0v) is 16.0. The van der Waals surface area contributed by atoms with Crippen molar-refractivity contribution < 1.29 is 0 Å². The first-order valence-electron chi connectivity index (χ1n) is 8.04. The largest absolute Gasteiger partial charge is 0.0921 e. The van der Waals surface area contributed by atoms with E-state index >= 15 is 0 Å². The van der Waals surface area contributed by atoms with Crippen LogP contribution in [0.1, 0.15) is 79.6 Å². The summed E-state index contributed by atoms with van der Waals surface area (Å²) < 4.78 is 0. The van der Waals surface area contributed by atoms with Crippen LogP contribution in [-0.2, 0) is 0 Å². The first kappa shape index (κ1) is 27.3. The molecule has 0 aliphatic carbocycles. The lowest BCUT2D eigenvalue weighted by atomic mass is 10.2. The number of rotatable bonds is 7. The minimum atomic E-state index is 0. The van der Waals surface area contributed by atoms with Crippen LogP contribution in [0.3, 0.4) is 0 Å². The van der Waals surface area contributed by atoms with Gasteiger partial charge in [-0.15, -0.1) is 0 Å². The molecule has 0 bridgehead atoms. The van der Waals surface area contributed by atoms with E-state index in [4.69, 9.17) is 0 Å². The van der Waals surface area contributed by atoms with Gasteiger partial charge in [0, 0.05) is 10.2 Å². The predicted octanol–water partition coefficient (Wildman–Crippen LogP) is 4.23. The third kappa shape index (κ3) is 57.1. The van der Waals surface area contributed by atoms with E-state index in [1.165, 1.54) is 61.2 Å². The lowest BCUT2D eigenvalue weighted by molar-refractivity contribution is 0.702. The van der Waals surface area contributed by atoms with Gasteiger partial charge in [0.1, 0.15) is 0 Å². The summed E-state index contributed by atoms with van der Waals surface area (Å²) in [7, 11) is 1.32. The average molecular weight is 303 g/mol. The second-order valence-electron chi connectivity index (χ2n) is 4.28. The molecular formula is C17H42Si2. The van der Waals surface area contributed by atoms with Gasteiger partial charge in [-0.25, -0.2) is 0 Å². The molecule has 0 aromatic rings. The van der Waals surface area contributed by atoms with Gasteiger partial charge < -0.3 is 0 Å². The molecule has 0 rings (SSSR count). The molecule has 0 aliphatic heterocycles. The number of allylic oxidation sites excluding steroid dienone is 4. The Hall–Kier alpha value is -0.0862. The summed E-state index contributed by atoms with van der Waals surface area (Å²) in [5, 5.41) is 0. The average Bonchev–Trinajstić information content (AvgIpc) is 2.42. The summed E-state index contributed by atoms with van der Waals surface area (Å²) in [6.45, 7) is 10.9. The molecule has 0 aromatic carbocycles. The Kier molecular flexibility index (Phi) is 51.9. The van der Waals surface area contributed by atoms with Gasteiger partial charge in [0.05, 0.1) is 0 Å². The zero-order chi connectivity index (χ0) is 14.5. The van der Waals surface area contributed by atoms with Gasteiger partial charge >= 0.3 is 0 Å². The molecule has 0 radical (unpaired) electrons. The maximum atomic E-state index is 2.24. The third-order valence-electron chi connectivity index (χ3n) is 2.23. The highest BCUT2D eigenvalue weighted by molar-refractivity contribution is 6.09. The van der Waals surface area contributed by atoms with Gasteiger partial charge in [0.2, 0.25) is 0 Å². The molecule has 0 heterocycles. The van der Waals surface area contributed by atoms with Gasteiger partial charge in [-0.1, -0.05) is 84.6 Å². The summed E-state index contributed by atoms with van der Waals surface area (Å²) in [6, 6.07) is 1.31. The Labute approximate surface area is 131 Å². The van der Waals surface area contributed by atoms with E-state index in [-0.39, 0.29) is 11.0 Å². The molecule has 0 nitrogen and oxygen atoms in total. The fourth-order valence-corrected chi connectivity index (χ4v) is 1.50. The van der Waals surface area contributed by atoms with Crippen LogP contribution in [0, 0.1) is 0 Å². The predicted molar refractivity (Wildman–Crippen MR) is 105 cm³/mol. The molecular weight excluding hydrogens is 260 g/mol. The summed E-state index contributed by atoms with van der Waals surface area (Å²) in [5.74, 6) is 0. The van der Waals surface area contributed by atoms with E-state index < -0.39 is 0 Å². The molecule has 0 unspecified atom stereocenters. The minimum absolute atomic E-state index is 0. The van der Waals surface area contributed by atoms with Crippen LogP contribution in [0.5, 0.6) is 0 Å². The number of unbranched alkanes of at least 4 members (excludes halogenated alkanes) is 3. The Bertz CT molecular complexity index is 121. The molecule has 2 heteroatoms. The van der Waals surface area contributed by atoms with E-state index in [0.29, 0.717) is 0 Å². The second kappa shape index (κ2) is 36.1. The van der Waals surface area contributed by atoms with Crippen molar-refractivity contribution in [3.63, 3.8) is 0 Å². The van der Waals surface area contributed by atoms with Crippen molar-refractivity contribution in [3.8, 4) is 0 Å². The highest BCUT2D eigenvalue weighted by Gasteiger charge is 1.75. The smallest absolute Gasteiger partial charge is 0.00754 e. The molecule has 0 aliphatic rings. The van der Waals surface area contributed by atoms with Crippen LogP contribution in [0.2, 0.25) is 6.04 Å². The summed E-state index contributed by atoms with van der Waals surface area (Å²) in [4.78, 5) is 0. The lowest BCUT2D eigenvalue weighted by Gasteiger charge is -1.86. The third-order valence-corrected chi connectivity index (χ3v) is 2.70. The van der Waals surface area contributed by atoms with Crippen molar-refractivity contribution in [1.29, 1.82) is 0 Å². The number of hydrogen-bond acceptors (Lipinski definition) is 0. The Balaban J connectivity index is -0.0000000865. The monoisotopic (exact) mass is 302 g/mol. The molecule has 0 amide bonds. The Morgan fingerprint density at radius 2 is 0.947 bits per heavy atom. The zero-order valence-electron chi connectivity index (χ0n) is 14.0. The molecule has 118 valence electrons. The van der Waals surface area contributed by atoms with Crippen LogP contribution in [-0.4, -0.2) is 21.2 Å². The van der Waals surface area contributed by atoms with E-state index in [0.717, 1.165) is 0 Å². The van der Waals surface area contributed by atoms with Crippen LogP contribution >= 0.6 is 0 Å². The maximum Gasteiger partial charge on any atom is 0.00754 e. The topological polar surface area (TPSA) is 0 Å². The highest BCUT2D eigenvalue weighted by atomic mass is 28.1. The minimum Gasteiger partial charge on any atom is -0.0921 e. The summed E-state index contributed by atoms with van der Waals surface area (Å²) in [6.07, 6.45) is 17.9. The van der Waals surface area contributed by atoms with Crippen molar-refractivity contribution in [2.45, 2.75) is 85.6 Å². The molecule has 0 spiro atoms. The first-order valence-corrected chi connectivity index (χ1v) is 9.46. The van der Waals surface area contributed by atoms with Crippen molar-refractivity contribution in [1.82, 2.24) is 0 Å². The maximum absolute atomic E-state index is 2.24. The van der Waals surface area contributed by atoms with E-state index in [2.05, 4.69) is 58.9 Å². The molecule has 0 N–H and O–H groups in total. The molecule has 0 saturated heterocycles. The van der Waals surface area contributed by atoms with Crippen molar-refractivity contribution >= 4 is 21.2 Å². The van der Waals surface area contributed by atoms with Gasteiger partial charge in [-0.2, -0.15) is 0 Å². The van der Waals surface area contributed by atoms with Crippen LogP contribution in [0.25, 0.3) is 0 Å². The van der Waals surface area contributed by atoms with Gasteiger partial charge in [-0.3, -0.25) is 0 Å². The van der Waals surface area contributed by atoms with E-state index in [1.807, 2.05) is 0 Å². The summed E-state index contributed by atoms with van der Waals surface area (Å²) in [5.41, 5.74) is 0. The molecule has 0 aromatic heterocycles. The first-order chi connectivity index (χ1) is 8.74. The Morgan fingerprint density at radius 1 is 0.632 bits per heavy atom. The van der Waals surface area contributed by atoms with Gasteiger partial charge in [0.15, 0.2) is 0 Å². The van der Waals surface area contributed by atoms with E-state index in [9.17, 15) is 0 Å². The quantitative estimate of drug-likeness (QED) is 0.375. The number of hydrogen-bond donors (Lipinski definition) is 0. The van der Waals surface area contributed by atoms with Crippen molar-refractivity contribution in [2.75, 3.05) is 0 Å². The van der Waals surface area contributed by atoms with Gasteiger partial charge in [0.25, 0.3) is 0 Å². The second-order valence-corrected chi connectivity index (χ2v) is 5.10. The standard InChI is InChI=1S/C6H14.C6H12.C5H12Si.H4Si/c2*1-3-5-6-4-2;1-2-3-4-5-6;/h3-6H2,1-2H3;5-6H,3-4H2,1-2H3;3-4H,2,5H2,1,6H3;1H4. The fourth-order valence-electron chi connectivity index (χ4n) is 1.17. The van der Waals surface area contributed by atoms with Crippen LogP contribution in [0.4, 0.5) is 0 Å². The molecule has 19 heavy (non-hydrogen) atoms. The normalized spacial score (nSPS) is 9.53. The lowest BCUT2D eigenvalue weighted by Crippen LogP contribution is -1.66. The van der Waals surface area contributed by atoms with Crippen molar-refractivity contribution in [3.05, 3.63) is 24.3 Å². The van der Waals surface area contributed by atoms with Gasteiger partial charge in [-0.05, 0) is 36.3 Å². The fraction of sp³-hybridized carbons (Fsp3) is 0.765. The molecule has 0 fully saturated rings. The van der Waals surface area contributed by atoms with Crippen molar-refractivity contribution in [2.24, 2.45) is 0 Å². The molecule has 0 saturated carbocycles. The Morgan fingerprint density at radius 3 is 1.11 bits per heavy atom. The SMILES string of the molecule is CCC=CCC.CCC=CC[SiH3].CCCCCC.[SiH4].